The first kappa shape index (κ1) is 15.1. The van der Waals surface area contributed by atoms with Crippen LogP contribution in [0.2, 0.25) is 0 Å². The highest BCUT2D eigenvalue weighted by Crippen LogP contribution is 2.22. The summed E-state index contributed by atoms with van der Waals surface area (Å²) in [5, 5.41) is 13.0. The number of aromatic nitrogens is 2. The molecule has 0 saturated carbocycles. The van der Waals surface area contributed by atoms with Crippen LogP contribution in [0.15, 0.2) is 12.4 Å². The van der Waals surface area contributed by atoms with Gasteiger partial charge in [0.15, 0.2) is 0 Å². The van der Waals surface area contributed by atoms with Crippen LogP contribution in [0.1, 0.15) is 37.8 Å². The normalized spacial score (nSPS) is 15.0. The summed E-state index contributed by atoms with van der Waals surface area (Å²) in [6.45, 7) is 3.30. The Hall–Kier alpha value is -0.910. The summed E-state index contributed by atoms with van der Waals surface area (Å²) in [5.74, 6) is 0. The van der Waals surface area contributed by atoms with Gasteiger partial charge in [-0.05, 0) is 39.8 Å². The highest BCUT2D eigenvalue weighted by molar-refractivity contribution is 5.12. The molecule has 18 heavy (non-hydrogen) atoms. The third-order valence-corrected chi connectivity index (χ3v) is 3.21. The summed E-state index contributed by atoms with van der Waals surface area (Å²) in [6, 6.07) is 0.268. The Kier molecular flexibility index (Phi) is 6.32. The van der Waals surface area contributed by atoms with E-state index in [9.17, 15) is 0 Å². The van der Waals surface area contributed by atoms with Crippen molar-refractivity contribution in [1.29, 1.82) is 0 Å². The molecule has 0 aliphatic heterocycles. The quantitative estimate of drug-likeness (QED) is 0.677. The maximum Gasteiger partial charge on any atom is 0.0538 e. The second-order valence-electron chi connectivity index (χ2n) is 5.02. The molecule has 0 amide bonds. The fourth-order valence-electron chi connectivity index (χ4n) is 2.34. The summed E-state index contributed by atoms with van der Waals surface area (Å²) >= 11 is 0. The van der Waals surface area contributed by atoms with Gasteiger partial charge in [-0.15, -0.1) is 0 Å². The van der Waals surface area contributed by atoms with Crippen LogP contribution in [-0.4, -0.2) is 46.0 Å². The minimum atomic E-state index is 0.0667. The number of rotatable bonds is 8. The van der Waals surface area contributed by atoms with Gasteiger partial charge in [-0.1, -0.05) is 0 Å². The Morgan fingerprint density at radius 1 is 1.44 bits per heavy atom. The van der Waals surface area contributed by atoms with Gasteiger partial charge in [-0.2, -0.15) is 5.10 Å². The first-order valence-electron chi connectivity index (χ1n) is 6.61. The maximum absolute atomic E-state index is 8.77. The zero-order valence-corrected chi connectivity index (χ0v) is 11.7. The Labute approximate surface area is 110 Å². The second-order valence-corrected chi connectivity index (χ2v) is 5.02. The summed E-state index contributed by atoms with van der Waals surface area (Å²) in [6.07, 6.45) is 6.93. The highest BCUT2D eigenvalue weighted by atomic mass is 16.2. The van der Waals surface area contributed by atoms with Gasteiger partial charge in [0.1, 0.15) is 0 Å². The van der Waals surface area contributed by atoms with Gasteiger partial charge in [0.05, 0.1) is 12.2 Å². The molecule has 1 aromatic rings. The lowest BCUT2D eigenvalue weighted by Gasteiger charge is -2.30. The van der Waals surface area contributed by atoms with E-state index < -0.39 is 0 Å². The molecule has 2 atom stereocenters. The van der Waals surface area contributed by atoms with Gasteiger partial charge in [-0.25, -0.2) is 0 Å². The molecule has 1 aromatic heterocycles. The van der Waals surface area contributed by atoms with E-state index in [1.165, 1.54) is 0 Å². The molecule has 0 radical (unpaired) electrons. The molecule has 3 N–H and O–H groups in total. The van der Waals surface area contributed by atoms with Crippen molar-refractivity contribution in [1.82, 2.24) is 14.7 Å². The van der Waals surface area contributed by atoms with E-state index in [1.54, 1.807) is 0 Å². The van der Waals surface area contributed by atoms with Crippen LogP contribution in [-0.2, 0) is 7.05 Å². The average Bonchev–Trinajstić information content (AvgIpc) is 2.71. The molecule has 1 rings (SSSR count). The number of likely N-dealkylation sites (N-methyl/N-ethyl adjacent to an activating group) is 1. The highest BCUT2D eigenvalue weighted by Gasteiger charge is 2.21. The molecular weight excluding hydrogens is 228 g/mol. The second kappa shape index (κ2) is 7.51. The van der Waals surface area contributed by atoms with E-state index >= 15 is 0 Å². The molecule has 0 bridgehead atoms. The van der Waals surface area contributed by atoms with Crippen molar-refractivity contribution >= 4 is 0 Å². The lowest BCUT2D eigenvalue weighted by Crippen LogP contribution is -2.37. The summed E-state index contributed by atoms with van der Waals surface area (Å²) in [7, 11) is 4.02. The fraction of sp³-hybridized carbons (Fsp3) is 0.769. The lowest BCUT2D eigenvalue weighted by atomic mass is 10.0. The SMILES string of the molecule is CC(N)C(c1cnn(C)c1)N(C)CCCCCO. The van der Waals surface area contributed by atoms with Crippen molar-refractivity contribution in [3.8, 4) is 0 Å². The molecule has 104 valence electrons. The first-order valence-corrected chi connectivity index (χ1v) is 6.61. The zero-order chi connectivity index (χ0) is 13.5. The van der Waals surface area contributed by atoms with Gasteiger partial charge in [0.25, 0.3) is 0 Å². The number of hydrogen-bond donors (Lipinski definition) is 2. The topological polar surface area (TPSA) is 67.3 Å². The molecule has 5 nitrogen and oxygen atoms in total. The monoisotopic (exact) mass is 254 g/mol. The Morgan fingerprint density at radius 2 is 2.17 bits per heavy atom. The number of hydrogen-bond acceptors (Lipinski definition) is 4. The van der Waals surface area contributed by atoms with Crippen molar-refractivity contribution in [3.05, 3.63) is 18.0 Å². The molecule has 0 aliphatic rings. The molecule has 0 aromatic carbocycles. The van der Waals surface area contributed by atoms with Gasteiger partial charge in [0.2, 0.25) is 0 Å². The summed E-state index contributed by atoms with van der Waals surface area (Å²) in [4.78, 5) is 2.28. The van der Waals surface area contributed by atoms with E-state index in [4.69, 9.17) is 10.8 Å². The molecule has 2 unspecified atom stereocenters. The predicted octanol–water partition coefficient (Wildman–Crippen LogP) is 0.903. The first-order chi connectivity index (χ1) is 8.56. The van der Waals surface area contributed by atoms with Gasteiger partial charge in [0, 0.05) is 31.5 Å². The number of unbranched alkanes of at least 4 members (excludes halogenated alkanes) is 2. The minimum absolute atomic E-state index is 0.0667. The van der Waals surface area contributed by atoms with E-state index in [0.717, 1.165) is 31.4 Å². The molecule has 0 spiro atoms. The molecule has 0 saturated heterocycles. The van der Waals surface area contributed by atoms with Crippen LogP contribution in [0.3, 0.4) is 0 Å². The minimum Gasteiger partial charge on any atom is -0.396 e. The van der Waals surface area contributed by atoms with Crippen LogP contribution in [0.5, 0.6) is 0 Å². The van der Waals surface area contributed by atoms with Gasteiger partial charge < -0.3 is 10.8 Å². The molecular formula is C13H26N4O. The van der Waals surface area contributed by atoms with Crippen molar-refractivity contribution < 1.29 is 5.11 Å². The van der Waals surface area contributed by atoms with Crippen molar-refractivity contribution in [2.24, 2.45) is 12.8 Å². The van der Waals surface area contributed by atoms with Crippen LogP contribution >= 0.6 is 0 Å². The Bertz CT molecular complexity index is 337. The lowest BCUT2D eigenvalue weighted by molar-refractivity contribution is 0.210. The van der Waals surface area contributed by atoms with E-state index in [0.29, 0.717) is 0 Å². The van der Waals surface area contributed by atoms with E-state index in [-0.39, 0.29) is 18.7 Å². The molecule has 0 aliphatic carbocycles. The van der Waals surface area contributed by atoms with Crippen LogP contribution in [0.4, 0.5) is 0 Å². The number of nitrogens with two attached hydrogens (primary N) is 1. The molecule has 5 heteroatoms. The van der Waals surface area contributed by atoms with Gasteiger partial charge >= 0.3 is 0 Å². The number of aliphatic hydroxyl groups is 1. The summed E-state index contributed by atoms with van der Waals surface area (Å²) < 4.78 is 1.81. The maximum atomic E-state index is 8.77. The predicted molar refractivity (Wildman–Crippen MR) is 73.2 cm³/mol. The van der Waals surface area contributed by atoms with Crippen LogP contribution in [0, 0.1) is 0 Å². The number of aliphatic hydroxyl groups excluding tert-OH is 1. The smallest absolute Gasteiger partial charge is 0.0538 e. The van der Waals surface area contributed by atoms with Crippen molar-refractivity contribution in [2.75, 3.05) is 20.2 Å². The molecule has 0 fully saturated rings. The Balaban J connectivity index is 2.56. The largest absolute Gasteiger partial charge is 0.396 e. The van der Waals surface area contributed by atoms with Crippen molar-refractivity contribution in [2.45, 2.75) is 38.3 Å². The number of aryl methyl sites for hydroxylation is 1. The Morgan fingerprint density at radius 3 is 2.67 bits per heavy atom. The van der Waals surface area contributed by atoms with Crippen molar-refractivity contribution in [3.63, 3.8) is 0 Å². The average molecular weight is 254 g/mol. The van der Waals surface area contributed by atoms with E-state index in [1.807, 2.05) is 31.0 Å². The zero-order valence-electron chi connectivity index (χ0n) is 11.7. The third-order valence-electron chi connectivity index (χ3n) is 3.21. The van der Waals surface area contributed by atoms with Crippen LogP contribution < -0.4 is 5.73 Å². The number of nitrogens with zero attached hydrogens (tertiary/aromatic N) is 3. The fourth-order valence-corrected chi connectivity index (χ4v) is 2.34. The standard InChI is InChI=1S/C13H26N4O/c1-11(14)13(12-9-15-17(3)10-12)16(2)7-5-4-6-8-18/h9-11,13,18H,4-8,14H2,1-3H3. The molecule has 1 heterocycles. The third kappa shape index (κ3) is 4.40. The summed E-state index contributed by atoms with van der Waals surface area (Å²) in [5.41, 5.74) is 7.25. The van der Waals surface area contributed by atoms with E-state index in [2.05, 4.69) is 17.0 Å². The van der Waals surface area contributed by atoms with Crippen LogP contribution in [0.25, 0.3) is 0 Å². The van der Waals surface area contributed by atoms with Gasteiger partial charge in [-0.3, -0.25) is 9.58 Å².